The highest BCUT2D eigenvalue weighted by Gasteiger charge is 2.63. The van der Waals surface area contributed by atoms with Gasteiger partial charge in [-0.2, -0.15) is 0 Å². The molecule has 1 spiro atoms. The van der Waals surface area contributed by atoms with E-state index in [9.17, 15) is 9.59 Å². The molecule has 1 atom stereocenters. The largest absolute Gasteiger partial charge is 0.440 e. The van der Waals surface area contributed by atoms with Crippen molar-refractivity contribution in [2.45, 2.75) is 24.5 Å². The van der Waals surface area contributed by atoms with Crippen LogP contribution in [0.25, 0.3) is 17.2 Å². The number of carbonyl (C=O) groups is 2. The van der Waals surface area contributed by atoms with Gasteiger partial charge in [0.05, 0.1) is 0 Å². The van der Waals surface area contributed by atoms with Crippen molar-refractivity contribution in [2.24, 2.45) is 0 Å². The quantitative estimate of drug-likeness (QED) is 0.539. The van der Waals surface area contributed by atoms with Crippen LogP contribution >= 0.6 is 0 Å². The van der Waals surface area contributed by atoms with Gasteiger partial charge in [0.15, 0.2) is 0 Å². The zero-order valence-electron chi connectivity index (χ0n) is 16.4. The van der Waals surface area contributed by atoms with Crippen LogP contribution in [0.2, 0.25) is 0 Å². The molecule has 4 nitrogen and oxygen atoms in total. The maximum absolute atomic E-state index is 13.0. The van der Waals surface area contributed by atoms with Gasteiger partial charge in [0, 0.05) is 6.08 Å². The van der Waals surface area contributed by atoms with E-state index in [1.165, 1.54) is 11.0 Å². The van der Waals surface area contributed by atoms with Crippen LogP contribution in [-0.4, -0.2) is 22.5 Å². The first-order valence-electron chi connectivity index (χ1n) is 10.1. The summed E-state index contributed by atoms with van der Waals surface area (Å²) in [5.74, 6) is -0.357. The Morgan fingerprint density at radius 1 is 0.867 bits per heavy atom. The predicted octanol–water partition coefficient (Wildman–Crippen LogP) is 5.62. The Morgan fingerprint density at radius 2 is 1.47 bits per heavy atom. The topological polar surface area (TPSA) is 46.6 Å². The van der Waals surface area contributed by atoms with Crippen LogP contribution in [-0.2, 0) is 9.53 Å². The number of benzene rings is 3. The molecule has 148 valence electrons. The molecule has 1 aliphatic carbocycles. The molecule has 0 unspecified atom stereocenters. The van der Waals surface area contributed by atoms with Gasteiger partial charge >= 0.3 is 6.09 Å². The van der Waals surface area contributed by atoms with Crippen molar-refractivity contribution < 1.29 is 14.3 Å². The Labute approximate surface area is 175 Å². The molecule has 0 aromatic heterocycles. The Morgan fingerprint density at radius 3 is 2.10 bits per heavy atom. The van der Waals surface area contributed by atoms with Crippen LogP contribution in [0.4, 0.5) is 4.79 Å². The standard InChI is InChI=1S/C26H21NO3/c28-23(16-13-19-11-14-21(15-12-19)20-7-3-1-4-8-20)27-24(22-9-5-2-6-10-22)26(17-18-26)30-25(27)29/h1-16,24H,17-18H2/b16-13+/t24-/m0/s1. The fourth-order valence-electron chi connectivity index (χ4n) is 4.09. The minimum absolute atomic E-state index is 0.357. The average molecular weight is 395 g/mol. The van der Waals surface area contributed by atoms with Crippen LogP contribution in [0.5, 0.6) is 0 Å². The molecular weight excluding hydrogens is 374 g/mol. The summed E-state index contributed by atoms with van der Waals surface area (Å²) in [6, 6.07) is 27.4. The van der Waals surface area contributed by atoms with E-state index in [1.54, 1.807) is 6.08 Å². The fourth-order valence-corrected chi connectivity index (χ4v) is 4.09. The molecule has 3 aromatic rings. The van der Waals surface area contributed by atoms with Crippen molar-refractivity contribution in [1.29, 1.82) is 0 Å². The molecule has 1 saturated carbocycles. The highest BCUT2D eigenvalue weighted by atomic mass is 16.6. The zero-order chi connectivity index (χ0) is 20.6. The van der Waals surface area contributed by atoms with Crippen LogP contribution < -0.4 is 0 Å². The Bertz CT molecular complexity index is 1100. The smallest absolute Gasteiger partial charge is 0.418 e. The molecular formula is C26H21NO3. The minimum atomic E-state index is -0.560. The second-order valence-electron chi connectivity index (χ2n) is 7.78. The van der Waals surface area contributed by atoms with Gasteiger partial charge in [-0.15, -0.1) is 0 Å². The Balaban J connectivity index is 1.36. The third-order valence-electron chi connectivity index (χ3n) is 5.78. The number of nitrogens with zero attached hydrogens (tertiary/aromatic N) is 1. The third-order valence-corrected chi connectivity index (χ3v) is 5.78. The van der Waals surface area contributed by atoms with Crippen molar-refractivity contribution in [1.82, 2.24) is 4.90 Å². The second-order valence-corrected chi connectivity index (χ2v) is 7.78. The van der Waals surface area contributed by atoms with E-state index in [0.717, 1.165) is 35.1 Å². The van der Waals surface area contributed by atoms with E-state index in [4.69, 9.17) is 4.74 Å². The summed E-state index contributed by atoms with van der Waals surface area (Å²) in [6.07, 6.45) is 4.20. The summed E-state index contributed by atoms with van der Waals surface area (Å²) in [5.41, 5.74) is 3.52. The highest BCUT2D eigenvalue weighted by molar-refractivity contribution is 6.02. The third kappa shape index (κ3) is 3.30. The van der Waals surface area contributed by atoms with Crippen molar-refractivity contribution in [3.63, 3.8) is 0 Å². The van der Waals surface area contributed by atoms with Gasteiger partial charge < -0.3 is 4.74 Å². The summed E-state index contributed by atoms with van der Waals surface area (Å²) in [6.45, 7) is 0. The number of imide groups is 1. The molecule has 2 amide bonds. The fraction of sp³-hybridized carbons (Fsp3) is 0.154. The van der Waals surface area contributed by atoms with E-state index in [-0.39, 0.29) is 11.9 Å². The first-order valence-corrected chi connectivity index (χ1v) is 10.1. The number of ether oxygens (including phenoxy) is 1. The summed E-state index contributed by atoms with van der Waals surface area (Å²) in [5, 5.41) is 0. The number of amides is 2. The number of hydrogen-bond acceptors (Lipinski definition) is 3. The Kier molecular flexibility index (Phi) is 4.47. The van der Waals surface area contributed by atoms with Gasteiger partial charge in [0.2, 0.25) is 0 Å². The van der Waals surface area contributed by atoms with Crippen LogP contribution in [0.1, 0.15) is 30.0 Å². The predicted molar refractivity (Wildman–Crippen MR) is 115 cm³/mol. The molecule has 1 aliphatic heterocycles. The van der Waals surface area contributed by atoms with Gasteiger partial charge in [0.25, 0.3) is 5.91 Å². The summed E-state index contributed by atoms with van der Waals surface area (Å²) in [7, 11) is 0. The van der Waals surface area contributed by atoms with Gasteiger partial charge in [0.1, 0.15) is 11.6 Å². The van der Waals surface area contributed by atoms with Gasteiger partial charge in [-0.1, -0.05) is 84.9 Å². The van der Waals surface area contributed by atoms with Crippen molar-refractivity contribution in [2.75, 3.05) is 0 Å². The lowest BCUT2D eigenvalue weighted by Crippen LogP contribution is -2.34. The number of hydrogen-bond donors (Lipinski definition) is 0. The summed E-state index contributed by atoms with van der Waals surface area (Å²) in [4.78, 5) is 26.7. The normalized spacial score (nSPS) is 19.3. The SMILES string of the molecule is O=C(/C=C/c1ccc(-c2ccccc2)cc1)N1C(=O)OC2(CC2)[C@@H]1c1ccccc1. The molecule has 2 aliphatic rings. The minimum Gasteiger partial charge on any atom is -0.440 e. The highest BCUT2D eigenvalue weighted by Crippen LogP contribution is 2.56. The van der Waals surface area contributed by atoms with E-state index in [0.29, 0.717) is 0 Å². The van der Waals surface area contributed by atoms with Gasteiger partial charge in [-0.05, 0) is 41.2 Å². The Hall–Kier alpha value is -3.66. The van der Waals surface area contributed by atoms with Crippen LogP contribution in [0.15, 0.2) is 91.0 Å². The molecule has 4 heteroatoms. The molecule has 30 heavy (non-hydrogen) atoms. The van der Waals surface area contributed by atoms with E-state index >= 15 is 0 Å². The molecule has 0 N–H and O–H groups in total. The lowest BCUT2D eigenvalue weighted by molar-refractivity contribution is -0.124. The maximum atomic E-state index is 13.0. The first kappa shape index (κ1) is 18.4. The van der Waals surface area contributed by atoms with E-state index in [2.05, 4.69) is 12.1 Å². The molecule has 2 fully saturated rings. The molecule has 0 bridgehead atoms. The van der Waals surface area contributed by atoms with E-state index < -0.39 is 11.7 Å². The summed E-state index contributed by atoms with van der Waals surface area (Å²) >= 11 is 0. The molecule has 0 radical (unpaired) electrons. The lowest BCUT2D eigenvalue weighted by Gasteiger charge is -2.22. The maximum Gasteiger partial charge on any atom is 0.418 e. The zero-order valence-corrected chi connectivity index (χ0v) is 16.4. The lowest BCUT2D eigenvalue weighted by atomic mass is 9.99. The number of rotatable bonds is 4. The monoisotopic (exact) mass is 395 g/mol. The van der Waals surface area contributed by atoms with Gasteiger partial charge in [-0.3, -0.25) is 4.79 Å². The van der Waals surface area contributed by atoms with Gasteiger partial charge in [-0.25, -0.2) is 9.69 Å². The average Bonchev–Trinajstić information content (AvgIpc) is 3.49. The van der Waals surface area contributed by atoms with Crippen molar-refractivity contribution >= 4 is 18.1 Å². The second kappa shape index (κ2) is 7.30. The molecule has 1 saturated heterocycles. The molecule has 1 heterocycles. The number of carbonyl (C=O) groups excluding carboxylic acids is 2. The summed E-state index contributed by atoms with van der Waals surface area (Å²) < 4.78 is 5.61. The molecule has 3 aromatic carbocycles. The molecule has 5 rings (SSSR count). The van der Waals surface area contributed by atoms with Crippen molar-refractivity contribution in [3.05, 3.63) is 102 Å². The van der Waals surface area contributed by atoms with E-state index in [1.807, 2.05) is 72.8 Å². The van der Waals surface area contributed by atoms with Crippen LogP contribution in [0.3, 0.4) is 0 Å². The van der Waals surface area contributed by atoms with Crippen molar-refractivity contribution in [3.8, 4) is 11.1 Å². The first-order chi connectivity index (χ1) is 14.7. The van der Waals surface area contributed by atoms with Crippen LogP contribution in [0, 0.1) is 0 Å².